The van der Waals surface area contributed by atoms with Crippen molar-refractivity contribution < 1.29 is 5.11 Å². The van der Waals surface area contributed by atoms with Gasteiger partial charge in [-0.05, 0) is 61.8 Å². The molecule has 0 aliphatic carbocycles. The molecule has 0 spiro atoms. The summed E-state index contributed by atoms with van der Waals surface area (Å²) in [6, 6.07) is 13.6. The van der Waals surface area contributed by atoms with Gasteiger partial charge in [-0.25, -0.2) is 4.98 Å². The summed E-state index contributed by atoms with van der Waals surface area (Å²) in [7, 11) is 0. The van der Waals surface area contributed by atoms with Crippen molar-refractivity contribution in [1.29, 1.82) is 0 Å². The maximum atomic E-state index is 10.9. The Balaban J connectivity index is 1.28. The van der Waals surface area contributed by atoms with Gasteiger partial charge in [0.2, 0.25) is 17.8 Å². The number of anilines is 4. The van der Waals surface area contributed by atoms with Crippen LogP contribution in [0.1, 0.15) is 39.5 Å². The zero-order valence-electron chi connectivity index (χ0n) is 21.4. The van der Waals surface area contributed by atoms with Crippen LogP contribution in [0.4, 0.5) is 23.5 Å². The first-order chi connectivity index (χ1) is 18.0. The van der Waals surface area contributed by atoms with Crippen molar-refractivity contribution in [1.82, 2.24) is 19.9 Å². The molecule has 2 aliphatic rings. The average Bonchev–Trinajstić information content (AvgIpc) is 3.33. The van der Waals surface area contributed by atoms with Gasteiger partial charge in [-0.3, -0.25) is 0 Å². The zero-order valence-corrected chi connectivity index (χ0v) is 22.2. The summed E-state index contributed by atoms with van der Waals surface area (Å²) < 4.78 is 1.10. The Hall–Kier alpha value is -3.46. The van der Waals surface area contributed by atoms with Gasteiger partial charge in [0, 0.05) is 37.9 Å². The van der Waals surface area contributed by atoms with Crippen molar-refractivity contribution in [3.05, 3.63) is 42.5 Å². The van der Waals surface area contributed by atoms with Crippen LogP contribution < -0.4 is 15.1 Å². The molecular formula is C28H33N7OS. The lowest BCUT2D eigenvalue weighted by Crippen LogP contribution is -2.37. The molecule has 2 saturated heterocycles. The van der Waals surface area contributed by atoms with Gasteiger partial charge >= 0.3 is 0 Å². The lowest BCUT2D eigenvalue weighted by atomic mass is 9.99. The summed E-state index contributed by atoms with van der Waals surface area (Å²) in [4.78, 5) is 23.7. The molecule has 0 atom stereocenters. The van der Waals surface area contributed by atoms with Crippen molar-refractivity contribution in [2.24, 2.45) is 11.8 Å². The van der Waals surface area contributed by atoms with Gasteiger partial charge in [0.15, 0.2) is 0 Å². The summed E-state index contributed by atoms with van der Waals surface area (Å²) >= 11 is 1.57. The van der Waals surface area contributed by atoms with E-state index in [9.17, 15) is 5.11 Å². The number of thiazole rings is 1. The maximum absolute atomic E-state index is 10.9. The van der Waals surface area contributed by atoms with Crippen molar-refractivity contribution >= 4 is 45.1 Å². The van der Waals surface area contributed by atoms with E-state index in [1.54, 1.807) is 17.4 Å². The number of rotatable bonds is 5. The number of fused-ring (bicyclic) bond motifs is 1. The summed E-state index contributed by atoms with van der Waals surface area (Å²) in [5.41, 5.74) is 2.38. The molecule has 2 aromatic heterocycles. The maximum Gasteiger partial charge on any atom is 0.233 e. The molecule has 0 saturated carbocycles. The Labute approximate surface area is 221 Å². The number of aromatic hydroxyl groups is 1. The minimum Gasteiger partial charge on any atom is -0.507 e. The van der Waals surface area contributed by atoms with Crippen LogP contribution in [0, 0.1) is 11.8 Å². The van der Waals surface area contributed by atoms with Crippen LogP contribution >= 0.6 is 11.3 Å². The monoisotopic (exact) mass is 515 g/mol. The molecule has 37 heavy (non-hydrogen) atoms. The molecule has 8 nitrogen and oxygen atoms in total. The van der Waals surface area contributed by atoms with Crippen LogP contribution in [0.15, 0.2) is 42.5 Å². The van der Waals surface area contributed by atoms with E-state index in [1.165, 1.54) is 0 Å². The SMILES string of the molecule is CC1CCN(c2nc(Nc3ccc(-c4nc5ccccc5s4)c(O)c3)nc(N3CCC(C)CC3)n2)CC1. The molecular weight excluding hydrogens is 482 g/mol. The molecule has 2 aromatic carbocycles. The summed E-state index contributed by atoms with van der Waals surface area (Å²) in [6.45, 7) is 8.44. The predicted octanol–water partition coefficient (Wildman–Crippen LogP) is 6.07. The van der Waals surface area contributed by atoms with E-state index in [2.05, 4.69) is 33.9 Å². The minimum absolute atomic E-state index is 0.175. The number of phenolic OH excluding ortho intramolecular Hbond substituents is 1. The lowest BCUT2D eigenvalue weighted by molar-refractivity contribution is 0.429. The van der Waals surface area contributed by atoms with Crippen LogP contribution in [-0.4, -0.2) is 51.2 Å². The van der Waals surface area contributed by atoms with Gasteiger partial charge in [0.1, 0.15) is 10.8 Å². The number of hydrogen-bond donors (Lipinski definition) is 2. The van der Waals surface area contributed by atoms with Crippen molar-refractivity contribution in [2.45, 2.75) is 39.5 Å². The largest absolute Gasteiger partial charge is 0.507 e. The van der Waals surface area contributed by atoms with Crippen LogP contribution in [0.25, 0.3) is 20.8 Å². The average molecular weight is 516 g/mol. The van der Waals surface area contributed by atoms with Gasteiger partial charge in [-0.15, -0.1) is 11.3 Å². The summed E-state index contributed by atoms with van der Waals surface area (Å²) in [5, 5.41) is 15.0. The lowest BCUT2D eigenvalue weighted by Gasteiger charge is -2.33. The molecule has 4 heterocycles. The smallest absolute Gasteiger partial charge is 0.233 e. The molecule has 192 valence electrons. The van der Waals surface area contributed by atoms with E-state index in [0.29, 0.717) is 11.5 Å². The molecule has 2 N–H and O–H groups in total. The van der Waals surface area contributed by atoms with E-state index < -0.39 is 0 Å². The molecule has 0 radical (unpaired) electrons. The first-order valence-electron chi connectivity index (χ1n) is 13.2. The summed E-state index contributed by atoms with van der Waals surface area (Å²) in [6.07, 6.45) is 4.58. The number of hydrogen-bond acceptors (Lipinski definition) is 9. The van der Waals surface area contributed by atoms with E-state index in [1.807, 2.05) is 36.4 Å². The molecule has 0 amide bonds. The number of nitrogens with one attached hydrogen (secondary N) is 1. The number of aromatic nitrogens is 4. The van der Waals surface area contributed by atoms with E-state index >= 15 is 0 Å². The fraction of sp³-hybridized carbons (Fsp3) is 0.429. The molecule has 2 fully saturated rings. The molecule has 6 rings (SSSR count). The first kappa shape index (κ1) is 23.9. The highest BCUT2D eigenvalue weighted by Gasteiger charge is 2.23. The number of piperidine rings is 2. The van der Waals surface area contributed by atoms with Gasteiger partial charge in [-0.1, -0.05) is 26.0 Å². The Morgan fingerprint density at radius 3 is 2.03 bits per heavy atom. The van der Waals surface area contributed by atoms with Crippen molar-refractivity contribution in [2.75, 3.05) is 41.3 Å². The molecule has 9 heteroatoms. The van der Waals surface area contributed by atoms with Gasteiger partial charge in [0.25, 0.3) is 0 Å². The van der Waals surface area contributed by atoms with Crippen molar-refractivity contribution in [3.63, 3.8) is 0 Å². The van der Waals surface area contributed by atoms with Crippen LogP contribution in [0.5, 0.6) is 5.75 Å². The highest BCUT2D eigenvalue weighted by molar-refractivity contribution is 7.21. The predicted molar refractivity (Wildman–Crippen MR) is 151 cm³/mol. The third-order valence-corrected chi connectivity index (χ3v) is 8.59. The van der Waals surface area contributed by atoms with Crippen molar-refractivity contribution in [3.8, 4) is 16.3 Å². The van der Waals surface area contributed by atoms with Crippen LogP contribution in [0.3, 0.4) is 0 Å². The second-order valence-corrected chi connectivity index (χ2v) is 11.5. The fourth-order valence-corrected chi connectivity index (χ4v) is 6.02. The molecule has 0 unspecified atom stereocenters. The van der Waals surface area contributed by atoms with Gasteiger partial charge in [-0.2, -0.15) is 15.0 Å². The fourth-order valence-electron chi connectivity index (χ4n) is 5.02. The Bertz CT molecular complexity index is 1320. The van der Waals surface area contributed by atoms with E-state index in [4.69, 9.17) is 15.0 Å². The third-order valence-electron chi connectivity index (χ3n) is 7.52. The standard InChI is InChI=1S/C28H33N7OS/c1-18-9-13-34(14-10-18)27-31-26(32-28(33-27)35-15-11-19(2)12-16-35)29-20-7-8-21(23(36)17-20)25-30-22-5-3-4-6-24(22)37-25/h3-8,17-19,36H,9-16H2,1-2H3,(H,29,31,32,33). The number of nitrogens with zero attached hydrogens (tertiary/aromatic N) is 6. The molecule has 2 aliphatic heterocycles. The molecule has 0 bridgehead atoms. The second-order valence-electron chi connectivity index (χ2n) is 10.4. The van der Waals surface area contributed by atoms with E-state index in [-0.39, 0.29) is 5.75 Å². The summed E-state index contributed by atoms with van der Waals surface area (Å²) in [5.74, 6) is 3.60. The van der Waals surface area contributed by atoms with E-state index in [0.717, 1.165) is 96.5 Å². The Kier molecular flexibility index (Phi) is 6.54. The quantitative estimate of drug-likeness (QED) is 0.331. The second kappa shape index (κ2) is 10.1. The first-order valence-corrected chi connectivity index (χ1v) is 14.1. The van der Waals surface area contributed by atoms with Crippen LogP contribution in [0.2, 0.25) is 0 Å². The highest BCUT2D eigenvalue weighted by Crippen LogP contribution is 2.37. The number of benzene rings is 2. The Morgan fingerprint density at radius 2 is 1.43 bits per heavy atom. The van der Waals surface area contributed by atoms with Gasteiger partial charge < -0.3 is 20.2 Å². The number of para-hydroxylation sites is 1. The minimum atomic E-state index is 0.175. The topological polar surface area (TPSA) is 90.3 Å². The van der Waals surface area contributed by atoms with Crippen LogP contribution in [-0.2, 0) is 0 Å². The third kappa shape index (κ3) is 5.18. The zero-order chi connectivity index (χ0) is 25.4. The number of phenols is 1. The van der Waals surface area contributed by atoms with Gasteiger partial charge in [0.05, 0.1) is 15.8 Å². The normalized spacial score (nSPS) is 17.5. The Morgan fingerprint density at radius 1 is 0.811 bits per heavy atom. The highest BCUT2D eigenvalue weighted by atomic mass is 32.1. The molecule has 4 aromatic rings.